The van der Waals surface area contributed by atoms with Crippen molar-refractivity contribution in [3.05, 3.63) is 145 Å². The van der Waals surface area contributed by atoms with Gasteiger partial charge in [0.15, 0.2) is 0 Å². The zero-order chi connectivity index (χ0) is 26.2. The zero-order valence-corrected chi connectivity index (χ0v) is 21.8. The lowest BCUT2D eigenvalue weighted by Crippen LogP contribution is -2.18. The van der Waals surface area contributed by atoms with Gasteiger partial charge in [0.25, 0.3) is 0 Å². The van der Waals surface area contributed by atoms with Gasteiger partial charge in [0.1, 0.15) is 11.2 Å². The lowest BCUT2D eigenvalue weighted by atomic mass is 9.82. The molecule has 8 aromatic rings. The first-order chi connectivity index (χ1) is 19.8. The average molecular weight is 512 g/mol. The van der Waals surface area contributed by atoms with Crippen LogP contribution in [0.15, 0.2) is 138 Å². The van der Waals surface area contributed by atoms with Crippen molar-refractivity contribution < 1.29 is 4.42 Å². The minimum absolute atomic E-state index is 0.230. The Morgan fingerprint density at radius 3 is 2.08 bits per heavy atom. The number of benzene rings is 6. The highest BCUT2D eigenvalue weighted by molar-refractivity contribution is 6.10. The van der Waals surface area contributed by atoms with Crippen molar-refractivity contribution in [2.45, 2.75) is 12.5 Å². The fourth-order valence-corrected chi connectivity index (χ4v) is 6.97. The third kappa shape index (κ3) is 3.05. The number of rotatable bonds is 2. The van der Waals surface area contributed by atoms with Crippen LogP contribution in [-0.2, 0) is 6.42 Å². The molecule has 0 N–H and O–H groups in total. The largest absolute Gasteiger partial charge is 0.456 e. The summed E-state index contributed by atoms with van der Waals surface area (Å²) in [6.45, 7) is 0. The fourth-order valence-electron chi connectivity index (χ4n) is 6.97. The Kier molecular flexibility index (Phi) is 4.48. The number of furan rings is 1. The molecule has 0 spiro atoms. The number of hydrogen-bond donors (Lipinski definition) is 0. The minimum atomic E-state index is 0.230. The van der Waals surface area contributed by atoms with Gasteiger partial charge < -0.3 is 8.98 Å². The highest BCUT2D eigenvalue weighted by Gasteiger charge is 2.28. The quantitative estimate of drug-likeness (QED) is 0.226. The molecule has 188 valence electrons. The molecule has 1 atom stereocenters. The second-order valence-corrected chi connectivity index (χ2v) is 10.9. The predicted molar refractivity (Wildman–Crippen MR) is 166 cm³/mol. The maximum absolute atomic E-state index is 6.09. The number of fused-ring (bicyclic) bond motifs is 9. The summed E-state index contributed by atoms with van der Waals surface area (Å²) in [5.74, 6) is 0. The molecule has 1 aliphatic rings. The van der Waals surface area contributed by atoms with E-state index in [0.29, 0.717) is 0 Å². The maximum Gasteiger partial charge on any atom is 0.135 e. The molecule has 1 aliphatic carbocycles. The highest BCUT2D eigenvalue weighted by atomic mass is 16.3. The molecule has 0 amide bonds. The Labute approximate surface area is 231 Å². The van der Waals surface area contributed by atoms with Gasteiger partial charge in [0, 0.05) is 32.6 Å². The summed E-state index contributed by atoms with van der Waals surface area (Å²) < 4.78 is 8.67. The fraction of sp³-hybridized carbons (Fsp3) is 0.0526. The Hall–Kier alpha value is -5.08. The summed E-state index contributed by atoms with van der Waals surface area (Å²) in [4.78, 5) is 0. The van der Waals surface area contributed by atoms with E-state index in [1.165, 1.54) is 55.2 Å². The number of hydrogen-bond acceptors (Lipinski definition) is 1. The maximum atomic E-state index is 6.09. The molecule has 2 nitrogen and oxygen atoms in total. The molecule has 0 aliphatic heterocycles. The normalized spacial score (nSPS) is 14.7. The van der Waals surface area contributed by atoms with Crippen LogP contribution in [0.1, 0.15) is 17.2 Å². The van der Waals surface area contributed by atoms with Crippen LogP contribution in [0, 0.1) is 0 Å². The van der Waals surface area contributed by atoms with Gasteiger partial charge in [-0.2, -0.15) is 0 Å². The molecule has 2 aromatic heterocycles. The van der Waals surface area contributed by atoms with Gasteiger partial charge in [-0.25, -0.2) is 0 Å². The molecule has 0 radical (unpaired) electrons. The average Bonchev–Trinajstić information content (AvgIpc) is 3.55. The van der Waals surface area contributed by atoms with Gasteiger partial charge in [0.2, 0.25) is 0 Å². The first-order valence-corrected chi connectivity index (χ1v) is 13.9. The molecule has 0 saturated carbocycles. The van der Waals surface area contributed by atoms with Crippen LogP contribution >= 0.6 is 0 Å². The van der Waals surface area contributed by atoms with E-state index in [1.54, 1.807) is 0 Å². The number of aromatic nitrogens is 1. The second kappa shape index (κ2) is 8.21. The van der Waals surface area contributed by atoms with Crippen LogP contribution in [0.5, 0.6) is 0 Å². The van der Waals surface area contributed by atoms with E-state index in [-0.39, 0.29) is 6.04 Å². The molecule has 0 bridgehead atoms. The highest BCUT2D eigenvalue weighted by Crippen LogP contribution is 2.44. The first kappa shape index (κ1) is 21.8. The van der Waals surface area contributed by atoms with Crippen LogP contribution in [0.4, 0.5) is 0 Å². The third-order valence-corrected chi connectivity index (χ3v) is 8.77. The van der Waals surface area contributed by atoms with Crippen LogP contribution in [0.2, 0.25) is 0 Å². The number of para-hydroxylation sites is 2. The van der Waals surface area contributed by atoms with E-state index >= 15 is 0 Å². The SMILES string of the molecule is c1ccc2c(c1)CC(n1c3ccccc3c3cc(-c4ccc5oc6ccccc6c5c4)ccc31)c1ccccc1-2. The first-order valence-electron chi connectivity index (χ1n) is 13.9. The molecule has 40 heavy (non-hydrogen) atoms. The smallest absolute Gasteiger partial charge is 0.135 e. The van der Waals surface area contributed by atoms with Crippen molar-refractivity contribution in [3.8, 4) is 22.3 Å². The summed E-state index contributed by atoms with van der Waals surface area (Å²) in [5, 5.41) is 4.91. The van der Waals surface area contributed by atoms with Crippen molar-refractivity contribution in [2.24, 2.45) is 0 Å². The number of nitrogens with zero attached hydrogens (tertiary/aromatic N) is 1. The lowest BCUT2D eigenvalue weighted by Gasteiger charge is -2.30. The standard InChI is InChI=1S/C38H25NO/c1-2-10-27-26(9-1)23-36(29-12-4-3-11-28(27)29)39-34-15-7-5-13-30(34)32-21-24(17-19-35(32)39)25-18-20-38-33(22-25)31-14-6-8-16-37(31)40-38/h1-22,36H,23H2. The zero-order valence-electron chi connectivity index (χ0n) is 21.8. The van der Waals surface area contributed by atoms with Gasteiger partial charge in [0.05, 0.1) is 6.04 Å². The summed E-state index contributed by atoms with van der Waals surface area (Å²) in [6, 6.07) is 48.8. The summed E-state index contributed by atoms with van der Waals surface area (Å²) in [7, 11) is 0. The summed E-state index contributed by atoms with van der Waals surface area (Å²) in [6.07, 6.45) is 0.979. The Morgan fingerprint density at radius 2 is 1.15 bits per heavy atom. The molecular formula is C38H25NO. The van der Waals surface area contributed by atoms with Crippen molar-refractivity contribution in [3.63, 3.8) is 0 Å². The molecule has 2 heteroatoms. The monoisotopic (exact) mass is 511 g/mol. The van der Waals surface area contributed by atoms with Crippen LogP contribution in [0.25, 0.3) is 66.0 Å². The van der Waals surface area contributed by atoms with E-state index in [4.69, 9.17) is 4.42 Å². The molecule has 6 aromatic carbocycles. The van der Waals surface area contributed by atoms with Crippen LogP contribution in [0.3, 0.4) is 0 Å². The van der Waals surface area contributed by atoms with E-state index in [1.807, 2.05) is 12.1 Å². The van der Waals surface area contributed by atoms with Gasteiger partial charge in [-0.1, -0.05) is 97.1 Å². The van der Waals surface area contributed by atoms with E-state index in [9.17, 15) is 0 Å². The topological polar surface area (TPSA) is 18.1 Å². The van der Waals surface area contributed by atoms with Crippen LogP contribution < -0.4 is 0 Å². The molecule has 1 unspecified atom stereocenters. The van der Waals surface area contributed by atoms with Crippen LogP contribution in [-0.4, -0.2) is 4.57 Å². The van der Waals surface area contributed by atoms with Crippen molar-refractivity contribution in [2.75, 3.05) is 0 Å². The van der Waals surface area contributed by atoms with Crippen molar-refractivity contribution in [1.82, 2.24) is 4.57 Å². The summed E-state index contributed by atoms with van der Waals surface area (Å²) in [5.41, 5.74) is 12.4. The van der Waals surface area contributed by atoms with E-state index in [2.05, 4.69) is 126 Å². The molecular weight excluding hydrogens is 486 g/mol. The van der Waals surface area contributed by atoms with Gasteiger partial charge in [-0.3, -0.25) is 0 Å². The predicted octanol–water partition coefficient (Wildman–Crippen LogP) is 10.2. The molecule has 9 rings (SSSR count). The Morgan fingerprint density at radius 1 is 0.500 bits per heavy atom. The molecule has 0 saturated heterocycles. The third-order valence-electron chi connectivity index (χ3n) is 8.77. The molecule has 2 heterocycles. The van der Waals surface area contributed by atoms with Gasteiger partial charge in [-0.15, -0.1) is 0 Å². The van der Waals surface area contributed by atoms with Gasteiger partial charge in [-0.05, 0) is 76.2 Å². The Balaban J connectivity index is 1.26. The van der Waals surface area contributed by atoms with Crippen molar-refractivity contribution >= 4 is 43.7 Å². The lowest BCUT2D eigenvalue weighted by molar-refractivity contribution is 0.612. The minimum Gasteiger partial charge on any atom is -0.456 e. The van der Waals surface area contributed by atoms with E-state index in [0.717, 1.165) is 28.4 Å². The van der Waals surface area contributed by atoms with Crippen molar-refractivity contribution in [1.29, 1.82) is 0 Å². The summed E-state index contributed by atoms with van der Waals surface area (Å²) >= 11 is 0. The van der Waals surface area contributed by atoms with E-state index < -0.39 is 0 Å². The molecule has 0 fully saturated rings. The van der Waals surface area contributed by atoms with Gasteiger partial charge >= 0.3 is 0 Å². The second-order valence-electron chi connectivity index (χ2n) is 10.9. The Bertz CT molecular complexity index is 2260.